The molecule has 1 atom stereocenters. The minimum Gasteiger partial charge on any atom is -0.417 e. The van der Waals surface area contributed by atoms with Gasteiger partial charge in [-0.2, -0.15) is 0 Å². The zero-order chi connectivity index (χ0) is 16.4. The third-order valence-corrected chi connectivity index (χ3v) is 11.3. The summed E-state index contributed by atoms with van der Waals surface area (Å²) in [5.74, 6) is 2.30. The second-order valence-electron chi connectivity index (χ2n) is 6.31. The molecule has 0 spiro atoms. The van der Waals surface area contributed by atoms with E-state index in [1.54, 1.807) is 21.6 Å². The Morgan fingerprint density at radius 1 is 1.33 bits per heavy atom. The van der Waals surface area contributed by atoms with Crippen LogP contribution in [-0.4, -0.2) is 36.4 Å². The molecule has 6 heteroatoms. The van der Waals surface area contributed by atoms with E-state index in [4.69, 9.17) is 4.43 Å². The standard InChI is InChI=1S/C15H30O2S3Si/c1-7-11-18-19-12-9-14-20(16)13-8-10-17-21(5,6)15(2,3)4/h7,9,12H,1,8,10-11,13-14H2,2-6H3/b12-9+. The van der Waals surface area contributed by atoms with Gasteiger partial charge < -0.3 is 4.43 Å². The third-order valence-electron chi connectivity index (χ3n) is 3.47. The first-order valence-corrected chi connectivity index (χ1v) is 14.0. The topological polar surface area (TPSA) is 26.3 Å². The molecule has 0 rings (SSSR count). The predicted octanol–water partition coefficient (Wildman–Crippen LogP) is 5.23. The minimum atomic E-state index is -1.65. The molecule has 2 nitrogen and oxygen atoms in total. The van der Waals surface area contributed by atoms with Crippen molar-refractivity contribution >= 4 is 40.7 Å². The molecule has 0 aliphatic rings. The minimum absolute atomic E-state index is 0.245. The Balaban J connectivity index is 3.74. The van der Waals surface area contributed by atoms with Crippen LogP contribution in [0.3, 0.4) is 0 Å². The zero-order valence-electron chi connectivity index (χ0n) is 14.0. The second-order valence-corrected chi connectivity index (χ2v) is 15.1. The van der Waals surface area contributed by atoms with Gasteiger partial charge in [-0.1, -0.05) is 54.5 Å². The maximum Gasteiger partial charge on any atom is 0.191 e. The van der Waals surface area contributed by atoms with Crippen molar-refractivity contribution in [2.24, 2.45) is 0 Å². The molecule has 21 heavy (non-hydrogen) atoms. The monoisotopic (exact) mass is 366 g/mol. The molecule has 0 aliphatic carbocycles. The summed E-state index contributed by atoms with van der Waals surface area (Å²) in [6, 6.07) is 0. The average molecular weight is 367 g/mol. The highest BCUT2D eigenvalue weighted by atomic mass is 33.1. The lowest BCUT2D eigenvalue weighted by molar-refractivity contribution is 0.289. The van der Waals surface area contributed by atoms with E-state index in [9.17, 15) is 4.21 Å². The summed E-state index contributed by atoms with van der Waals surface area (Å²) in [6.07, 6.45) is 4.75. The van der Waals surface area contributed by atoms with E-state index >= 15 is 0 Å². The van der Waals surface area contributed by atoms with Crippen LogP contribution in [0.2, 0.25) is 18.1 Å². The van der Waals surface area contributed by atoms with Gasteiger partial charge in [-0.05, 0) is 30.0 Å². The molecule has 0 saturated heterocycles. The van der Waals surface area contributed by atoms with Crippen molar-refractivity contribution in [1.82, 2.24) is 0 Å². The second kappa shape index (κ2) is 11.1. The highest BCUT2D eigenvalue weighted by molar-refractivity contribution is 8.77. The lowest BCUT2D eigenvalue weighted by Crippen LogP contribution is -2.41. The lowest BCUT2D eigenvalue weighted by Gasteiger charge is -2.36. The number of hydrogen-bond donors (Lipinski definition) is 0. The van der Waals surface area contributed by atoms with Gasteiger partial charge in [-0.15, -0.1) is 6.58 Å². The van der Waals surface area contributed by atoms with E-state index in [0.717, 1.165) is 24.5 Å². The normalized spacial score (nSPS) is 14.5. The molecular weight excluding hydrogens is 336 g/mol. The molecule has 1 unspecified atom stereocenters. The lowest BCUT2D eigenvalue weighted by atomic mass is 10.2. The van der Waals surface area contributed by atoms with Crippen LogP contribution in [0.4, 0.5) is 0 Å². The fourth-order valence-corrected chi connectivity index (χ4v) is 4.71. The summed E-state index contributed by atoms with van der Waals surface area (Å²) in [5, 5.41) is 2.26. The smallest absolute Gasteiger partial charge is 0.191 e. The first-order chi connectivity index (χ1) is 9.70. The Kier molecular flexibility index (Phi) is 11.4. The van der Waals surface area contributed by atoms with Crippen molar-refractivity contribution in [1.29, 1.82) is 0 Å². The highest BCUT2D eigenvalue weighted by Crippen LogP contribution is 2.36. The van der Waals surface area contributed by atoms with Gasteiger partial charge in [0.2, 0.25) is 0 Å². The Morgan fingerprint density at radius 2 is 2.00 bits per heavy atom. The summed E-state index contributed by atoms with van der Waals surface area (Å²) in [7, 11) is 0.976. The summed E-state index contributed by atoms with van der Waals surface area (Å²) in [5.41, 5.74) is 0. The number of hydrogen-bond acceptors (Lipinski definition) is 4. The van der Waals surface area contributed by atoms with Crippen molar-refractivity contribution < 1.29 is 8.63 Å². The SMILES string of the molecule is C=CCSS/C=C/CS(=O)CCCO[Si](C)(C)C(C)(C)C. The van der Waals surface area contributed by atoms with Crippen LogP contribution in [0.15, 0.2) is 24.1 Å². The molecule has 0 amide bonds. The van der Waals surface area contributed by atoms with Crippen molar-refractivity contribution in [2.45, 2.75) is 45.3 Å². The Bertz CT molecular complexity index is 349. The largest absolute Gasteiger partial charge is 0.417 e. The molecule has 0 aromatic rings. The molecule has 0 radical (unpaired) electrons. The number of rotatable bonds is 11. The van der Waals surface area contributed by atoms with E-state index in [0.29, 0.717) is 5.75 Å². The Morgan fingerprint density at radius 3 is 2.57 bits per heavy atom. The van der Waals surface area contributed by atoms with Crippen LogP contribution in [0.25, 0.3) is 0 Å². The van der Waals surface area contributed by atoms with Crippen LogP contribution >= 0.6 is 21.6 Å². The van der Waals surface area contributed by atoms with E-state index in [-0.39, 0.29) is 5.04 Å². The van der Waals surface area contributed by atoms with E-state index < -0.39 is 19.1 Å². The van der Waals surface area contributed by atoms with Crippen molar-refractivity contribution in [2.75, 3.05) is 23.9 Å². The molecule has 124 valence electrons. The van der Waals surface area contributed by atoms with Crippen LogP contribution in [-0.2, 0) is 15.2 Å². The molecule has 0 aromatic carbocycles. The first kappa shape index (κ1) is 21.5. The molecule has 0 aliphatic heterocycles. The predicted molar refractivity (Wildman–Crippen MR) is 105 cm³/mol. The summed E-state index contributed by atoms with van der Waals surface area (Å²) < 4.78 is 17.9. The molecule has 0 heterocycles. The van der Waals surface area contributed by atoms with Crippen LogP contribution in [0.5, 0.6) is 0 Å². The molecule has 0 bridgehead atoms. The van der Waals surface area contributed by atoms with E-state index in [1.807, 2.05) is 17.6 Å². The van der Waals surface area contributed by atoms with E-state index in [2.05, 4.69) is 40.4 Å². The van der Waals surface area contributed by atoms with Gasteiger partial charge in [0, 0.05) is 34.7 Å². The summed E-state index contributed by atoms with van der Waals surface area (Å²) in [6.45, 7) is 15.6. The Hall–Kier alpha value is 0.507. The van der Waals surface area contributed by atoms with Gasteiger partial charge in [0.15, 0.2) is 8.32 Å². The molecular formula is C15H30O2S3Si. The quantitative estimate of drug-likeness (QED) is 0.216. The van der Waals surface area contributed by atoms with Gasteiger partial charge in [-0.3, -0.25) is 4.21 Å². The van der Waals surface area contributed by atoms with Crippen molar-refractivity contribution in [3.63, 3.8) is 0 Å². The van der Waals surface area contributed by atoms with Gasteiger partial charge >= 0.3 is 0 Å². The fourth-order valence-electron chi connectivity index (χ4n) is 1.16. The summed E-state index contributed by atoms with van der Waals surface area (Å²) >= 11 is 0. The maximum absolute atomic E-state index is 11.8. The fraction of sp³-hybridized carbons (Fsp3) is 0.733. The Labute approximate surface area is 142 Å². The third kappa shape index (κ3) is 10.8. The molecule has 0 saturated carbocycles. The van der Waals surface area contributed by atoms with Crippen LogP contribution < -0.4 is 0 Å². The average Bonchev–Trinajstić information content (AvgIpc) is 2.37. The molecule has 0 fully saturated rings. The molecule has 0 aromatic heterocycles. The van der Waals surface area contributed by atoms with Gasteiger partial charge in [0.05, 0.1) is 0 Å². The van der Waals surface area contributed by atoms with Crippen LogP contribution in [0, 0.1) is 0 Å². The van der Waals surface area contributed by atoms with Gasteiger partial charge in [-0.25, -0.2) is 0 Å². The van der Waals surface area contributed by atoms with Gasteiger partial charge in [0.1, 0.15) is 0 Å². The van der Waals surface area contributed by atoms with Gasteiger partial charge in [0.25, 0.3) is 0 Å². The van der Waals surface area contributed by atoms with Crippen LogP contribution in [0.1, 0.15) is 27.2 Å². The van der Waals surface area contributed by atoms with Crippen molar-refractivity contribution in [3.05, 3.63) is 24.1 Å². The van der Waals surface area contributed by atoms with E-state index in [1.165, 1.54) is 0 Å². The van der Waals surface area contributed by atoms with Crippen molar-refractivity contribution in [3.8, 4) is 0 Å². The zero-order valence-corrected chi connectivity index (χ0v) is 17.5. The summed E-state index contributed by atoms with van der Waals surface area (Å²) in [4.78, 5) is 0. The first-order valence-electron chi connectivity index (χ1n) is 7.24. The molecule has 0 N–H and O–H groups in total. The maximum atomic E-state index is 11.8. The highest BCUT2D eigenvalue weighted by Gasteiger charge is 2.36.